The van der Waals surface area contributed by atoms with E-state index in [1.807, 2.05) is 0 Å². The Hall–Kier alpha value is -2.77. The predicted octanol–water partition coefficient (Wildman–Crippen LogP) is 3.49. The fraction of sp³-hybridized carbons (Fsp3) is 0.188. The largest absolute Gasteiger partial charge is 0.416 e. The number of anilines is 1. The Morgan fingerprint density at radius 2 is 1.96 bits per heavy atom. The summed E-state index contributed by atoms with van der Waals surface area (Å²) in [5.74, 6) is -1.04. The molecule has 0 bridgehead atoms. The monoisotopic (exact) mass is 339 g/mol. The van der Waals surface area contributed by atoms with Crippen LogP contribution < -0.4 is 10.6 Å². The summed E-state index contributed by atoms with van der Waals surface area (Å²) < 4.78 is 51.5. The van der Waals surface area contributed by atoms with Crippen molar-refractivity contribution < 1.29 is 22.4 Å². The minimum Gasteiger partial charge on any atom is -0.366 e. The van der Waals surface area contributed by atoms with Gasteiger partial charge in [0, 0.05) is 18.1 Å². The third kappa shape index (κ3) is 3.27. The van der Waals surface area contributed by atoms with Gasteiger partial charge in [-0.1, -0.05) is 0 Å². The molecule has 2 aliphatic heterocycles. The molecule has 1 atom stereocenters. The van der Waals surface area contributed by atoms with Crippen LogP contribution in [0.15, 0.2) is 60.3 Å². The highest BCUT2D eigenvalue weighted by Gasteiger charge is 2.30. The van der Waals surface area contributed by atoms with Gasteiger partial charge in [-0.15, -0.1) is 0 Å². The predicted molar refractivity (Wildman–Crippen MR) is 79.9 cm³/mol. The Labute approximate surface area is 135 Å². The van der Waals surface area contributed by atoms with Gasteiger partial charge in [0.05, 0.1) is 17.7 Å². The van der Waals surface area contributed by atoms with Crippen molar-refractivity contribution in [1.29, 1.82) is 0 Å². The molecule has 0 aromatic heterocycles. The van der Waals surface area contributed by atoms with Crippen LogP contribution >= 0.6 is 0 Å². The van der Waals surface area contributed by atoms with Gasteiger partial charge in [-0.05, 0) is 36.4 Å². The first kappa shape index (κ1) is 16.1. The van der Waals surface area contributed by atoms with E-state index in [9.17, 15) is 22.4 Å². The Morgan fingerprint density at radius 3 is 2.62 bits per heavy atom. The quantitative estimate of drug-likeness (QED) is 0.829. The smallest absolute Gasteiger partial charge is 0.366 e. The number of allylic oxidation sites excluding steroid dienone is 2. The molecule has 0 saturated heterocycles. The molecule has 1 aromatic rings. The van der Waals surface area contributed by atoms with Crippen LogP contribution in [0.5, 0.6) is 0 Å². The molecule has 2 aliphatic rings. The van der Waals surface area contributed by atoms with E-state index in [1.54, 1.807) is 23.4 Å². The lowest BCUT2D eigenvalue weighted by atomic mass is 10.1. The Balaban J connectivity index is 1.67. The lowest BCUT2D eigenvalue weighted by Crippen LogP contribution is -2.36. The summed E-state index contributed by atoms with van der Waals surface area (Å²) >= 11 is 0. The van der Waals surface area contributed by atoms with Gasteiger partial charge in [0.15, 0.2) is 0 Å². The standard InChI is InChI=1S/C16H13F4N3O/c17-12-5-6-14-21-7-8-23(14)13(12)9-15(24)22-11-3-1-10(2-4-11)16(18,19)20/h1-8,14,21H,9H2,(H,22,24). The number of hydrogen-bond acceptors (Lipinski definition) is 3. The highest BCUT2D eigenvalue weighted by atomic mass is 19.4. The molecule has 0 radical (unpaired) electrons. The average molecular weight is 339 g/mol. The maximum Gasteiger partial charge on any atom is 0.416 e. The van der Waals surface area contributed by atoms with Gasteiger partial charge in [0.1, 0.15) is 12.0 Å². The molecule has 3 rings (SSSR count). The number of amides is 1. The van der Waals surface area contributed by atoms with E-state index in [0.29, 0.717) is 0 Å². The molecule has 0 fully saturated rings. The number of halogens is 4. The summed E-state index contributed by atoms with van der Waals surface area (Å²) in [7, 11) is 0. The molecule has 24 heavy (non-hydrogen) atoms. The molecule has 2 N–H and O–H groups in total. The molecule has 0 spiro atoms. The fourth-order valence-corrected chi connectivity index (χ4v) is 2.47. The first-order valence-corrected chi connectivity index (χ1v) is 7.09. The molecule has 1 unspecified atom stereocenters. The SMILES string of the molecule is O=C(CC1=C(F)C=CC2NC=CN12)Nc1ccc(C(F)(F)F)cc1. The molecule has 2 heterocycles. The zero-order valence-electron chi connectivity index (χ0n) is 12.3. The first-order valence-electron chi connectivity index (χ1n) is 7.09. The van der Waals surface area contributed by atoms with Crippen LogP contribution in [0.2, 0.25) is 0 Å². The second kappa shape index (κ2) is 6.03. The van der Waals surface area contributed by atoms with Crippen molar-refractivity contribution in [2.75, 3.05) is 5.32 Å². The van der Waals surface area contributed by atoms with Crippen molar-refractivity contribution in [1.82, 2.24) is 10.2 Å². The van der Waals surface area contributed by atoms with Gasteiger partial charge < -0.3 is 15.5 Å². The fourth-order valence-electron chi connectivity index (χ4n) is 2.47. The number of alkyl halides is 3. The van der Waals surface area contributed by atoms with Crippen molar-refractivity contribution in [3.63, 3.8) is 0 Å². The summed E-state index contributed by atoms with van der Waals surface area (Å²) in [6.07, 6.45) is 1.25. The Bertz CT molecular complexity index is 735. The van der Waals surface area contributed by atoms with Crippen LogP contribution in [0.4, 0.5) is 23.2 Å². The number of carbonyl (C=O) groups is 1. The maximum atomic E-state index is 14.0. The second-order valence-electron chi connectivity index (χ2n) is 5.29. The molecule has 126 valence electrons. The summed E-state index contributed by atoms with van der Waals surface area (Å²) in [6.45, 7) is 0. The zero-order valence-corrected chi connectivity index (χ0v) is 12.3. The number of carbonyl (C=O) groups excluding carboxylic acids is 1. The third-order valence-electron chi connectivity index (χ3n) is 3.64. The number of nitrogens with zero attached hydrogens (tertiary/aromatic N) is 1. The van der Waals surface area contributed by atoms with Gasteiger partial charge in [-0.2, -0.15) is 13.2 Å². The van der Waals surface area contributed by atoms with E-state index in [-0.39, 0.29) is 24.0 Å². The van der Waals surface area contributed by atoms with Crippen molar-refractivity contribution in [2.24, 2.45) is 0 Å². The van der Waals surface area contributed by atoms with Crippen LogP contribution in [-0.2, 0) is 11.0 Å². The van der Waals surface area contributed by atoms with Gasteiger partial charge in [0.2, 0.25) is 5.91 Å². The molecule has 0 aliphatic carbocycles. The molecule has 0 saturated carbocycles. The van der Waals surface area contributed by atoms with Crippen LogP contribution in [0, 0.1) is 0 Å². The average Bonchev–Trinajstić information content (AvgIpc) is 2.98. The maximum absolute atomic E-state index is 14.0. The molecular formula is C16H13F4N3O. The van der Waals surface area contributed by atoms with Crippen molar-refractivity contribution in [2.45, 2.75) is 18.8 Å². The van der Waals surface area contributed by atoms with Gasteiger partial charge in [-0.25, -0.2) is 4.39 Å². The van der Waals surface area contributed by atoms with E-state index in [2.05, 4.69) is 10.6 Å². The topological polar surface area (TPSA) is 44.4 Å². The number of rotatable bonds is 3. The number of fused-ring (bicyclic) bond motifs is 1. The van der Waals surface area contributed by atoms with Gasteiger partial charge in [0.25, 0.3) is 0 Å². The molecular weight excluding hydrogens is 326 g/mol. The highest BCUT2D eigenvalue weighted by molar-refractivity contribution is 5.92. The minimum absolute atomic E-state index is 0.188. The van der Waals surface area contributed by atoms with Crippen LogP contribution in [0.1, 0.15) is 12.0 Å². The number of hydrogen-bond donors (Lipinski definition) is 2. The summed E-state index contributed by atoms with van der Waals surface area (Å²) in [5, 5.41) is 5.44. The summed E-state index contributed by atoms with van der Waals surface area (Å²) in [6, 6.07) is 4.07. The van der Waals surface area contributed by atoms with E-state index >= 15 is 0 Å². The normalized spacial score (nSPS) is 19.3. The molecule has 1 aromatic carbocycles. The minimum atomic E-state index is -4.44. The Morgan fingerprint density at radius 1 is 1.25 bits per heavy atom. The molecule has 1 amide bonds. The number of benzene rings is 1. The summed E-state index contributed by atoms with van der Waals surface area (Å²) in [4.78, 5) is 13.7. The highest BCUT2D eigenvalue weighted by Crippen LogP contribution is 2.30. The van der Waals surface area contributed by atoms with Gasteiger partial charge >= 0.3 is 6.18 Å². The van der Waals surface area contributed by atoms with E-state index in [4.69, 9.17) is 0 Å². The van der Waals surface area contributed by atoms with E-state index in [0.717, 1.165) is 24.3 Å². The van der Waals surface area contributed by atoms with E-state index < -0.39 is 23.5 Å². The van der Waals surface area contributed by atoms with Crippen molar-refractivity contribution in [3.05, 3.63) is 65.9 Å². The summed E-state index contributed by atoms with van der Waals surface area (Å²) in [5.41, 5.74) is -0.400. The number of nitrogens with one attached hydrogen (secondary N) is 2. The molecule has 4 nitrogen and oxygen atoms in total. The lowest BCUT2D eigenvalue weighted by Gasteiger charge is -2.28. The first-order chi connectivity index (χ1) is 11.3. The zero-order chi connectivity index (χ0) is 17.3. The van der Waals surface area contributed by atoms with Crippen LogP contribution in [-0.4, -0.2) is 17.0 Å². The van der Waals surface area contributed by atoms with Crippen molar-refractivity contribution >= 4 is 11.6 Å². The van der Waals surface area contributed by atoms with E-state index in [1.165, 1.54) is 6.08 Å². The Kier molecular flexibility index (Phi) is 4.04. The van der Waals surface area contributed by atoms with Gasteiger partial charge in [-0.3, -0.25) is 4.79 Å². The van der Waals surface area contributed by atoms with Crippen LogP contribution in [0.3, 0.4) is 0 Å². The molecule has 8 heteroatoms. The van der Waals surface area contributed by atoms with Crippen LogP contribution in [0.25, 0.3) is 0 Å². The van der Waals surface area contributed by atoms with Crippen molar-refractivity contribution in [3.8, 4) is 0 Å². The lowest BCUT2D eigenvalue weighted by molar-refractivity contribution is -0.137. The second-order valence-corrected chi connectivity index (χ2v) is 5.29. The third-order valence-corrected chi connectivity index (χ3v) is 3.64.